The second-order valence-electron chi connectivity index (χ2n) is 5.19. The molecule has 1 amide bonds. The fourth-order valence-corrected chi connectivity index (χ4v) is 3.97. The molecule has 0 aliphatic carbocycles. The Morgan fingerprint density at radius 2 is 2.08 bits per heavy atom. The van der Waals surface area contributed by atoms with Crippen LogP contribution in [0.3, 0.4) is 0 Å². The average Bonchev–Trinajstić information content (AvgIpc) is 2.88. The lowest BCUT2D eigenvalue weighted by atomic mass is 10.2. The monoisotopic (exact) mass is 456 g/mol. The molecule has 0 spiro atoms. The number of hydrogen-bond acceptors (Lipinski definition) is 4. The van der Waals surface area contributed by atoms with Gasteiger partial charge in [-0.1, -0.05) is 29.3 Å². The molecule has 2 N–H and O–H groups in total. The van der Waals surface area contributed by atoms with Gasteiger partial charge in [0, 0.05) is 15.6 Å². The van der Waals surface area contributed by atoms with Gasteiger partial charge >= 0.3 is 0 Å². The summed E-state index contributed by atoms with van der Waals surface area (Å²) in [5, 5.41) is 14.3. The van der Waals surface area contributed by atoms with Gasteiger partial charge in [-0.15, -0.1) is 0 Å². The van der Waals surface area contributed by atoms with Crippen LogP contribution in [0.5, 0.6) is 5.75 Å². The molecule has 0 bridgehead atoms. The standard InChI is InChI=1S/C17H11BrCl2N2O2S/c1-8-12(20)3-2-4-13(8)21-17-22-16(24)14(25-17)6-9-5-10(19)7-11(18)15(9)23/h2-7,23H,1H3,(H,21,22,24)/b14-6+. The third kappa shape index (κ3) is 4.03. The van der Waals surface area contributed by atoms with E-state index < -0.39 is 0 Å². The van der Waals surface area contributed by atoms with Gasteiger partial charge in [0.05, 0.1) is 15.1 Å². The Morgan fingerprint density at radius 3 is 2.84 bits per heavy atom. The maximum atomic E-state index is 12.2. The average molecular weight is 458 g/mol. The molecule has 2 aromatic carbocycles. The fourth-order valence-electron chi connectivity index (χ4n) is 2.14. The second kappa shape index (κ2) is 7.41. The summed E-state index contributed by atoms with van der Waals surface area (Å²) in [7, 11) is 0. The highest BCUT2D eigenvalue weighted by Gasteiger charge is 2.24. The summed E-state index contributed by atoms with van der Waals surface area (Å²) in [6, 6.07) is 8.57. The van der Waals surface area contributed by atoms with Crippen molar-refractivity contribution in [1.29, 1.82) is 0 Å². The lowest BCUT2D eigenvalue weighted by Crippen LogP contribution is -2.19. The van der Waals surface area contributed by atoms with E-state index in [9.17, 15) is 9.90 Å². The second-order valence-corrected chi connectivity index (χ2v) is 7.92. The quantitative estimate of drug-likeness (QED) is 0.571. The molecule has 0 saturated carbocycles. The van der Waals surface area contributed by atoms with Gasteiger partial charge in [0.15, 0.2) is 5.17 Å². The van der Waals surface area contributed by atoms with Crippen LogP contribution in [0.2, 0.25) is 10.0 Å². The van der Waals surface area contributed by atoms with Crippen molar-refractivity contribution in [1.82, 2.24) is 5.32 Å². The number of amides is 1. The topological polar surface area (TPSA) is 61.7 Å². The van der Waals surface area contributed by atoms with Gasteiger partial charge in [-0.3, -0.25) is 4.79 Å². The number of aliphatic imine (C=N–C) groups is 1. The van der Waals surface area contributed by atoms with E-state index in [1.165, 1.54) is 11.8 Å². The third-order valence-electron chi connectivity index (χ3n) is 3.46. The van der Waals surface area contributed by atoms with E-state index in [4.69, 9.17) is 23.2 Å². The fraction of sp³-hybridized carbons (Fsp3) is 0.0588. The summed E-state index contributed by atoms with van der Waals surface area (Å²) in [6.45, 7) is 1.86. The Hall–Kier alpha value is -1.47. The molecule has 0 radical (unpaired) electrons. The first-order valence-corrected chi connectivity index (χ1v) is 9.44. The Kier molecular flexibility index (Phi) is 5.43. The predicted octanol–water partition coefficient (Wildman–Crippen LogP) is 5.66. The Bertz CT molecular complexity index is 944. The maximum Gasteiger partial charge on any atom is 0.264 e. The number of nitrogens with zero attached hydrogens (tertiary/aromatic N) is 1. The molecule has 3 rings (SSSR count). The molecule has 0 aromatic heterocycles. The molecule has 128 valence electrons. The molecule has 2 aromatic rings. The zero-order chi connectivity index (χ0) is 18.1. The van der Waals surface area contributed by atoms with Crippen LogP contribution < -0.4 is 5.32 Å². The lowest BCUT2D eigenvalue weighted by molar-refractivity contribution is -0.115. The van der Waals surface area contributed by atoms with Crippen molar-refractivity contribution < 1.29 is 9.90 Å². The molecule has 0 atom stereocenters. The normalized spacial score (nSPS) is 17.4. The molecule has 1 heterocycles. The van der Waals surface area contributed by atoms with Gasteiger partial charge in [0.25, 0.3) is 5.91 Å². The molecule has 8 heteroatoms. The van der Waals surface area contributed by atoms with Crippen LogP contribution in [0.1, 0.15) is 11.1 Å². The number of phenols is 1. The van der Waals surface area contributed by atoms with Crippen molar-refractivity contribution in [2.45, 2.75) is 6.92 Å². The van der Waals surface area contributed by atoms with E-state index in [0.717, 1.165) is 5.56 Å². The van der Waals surface area contributed by atoms with Gasteiger partial charge in [-0.05, 0) is 70.5 Å². The number of phenolic OH excluding ortho intramolecular Hbond substituents is 1. The number of halogens is 3. The van der Waals surface area contributed by atoms with Crippen LogP contribution in [0.4, 0.5) is 5.69 Å². The first kappa shape index (κ1) is 18.3. The van der Waals surface area contributed by atoms with Crippen molar-refractivity contribution in [3.8, 4) is 5.75 Å². The molecule has 25 heavy (non-hydrogen) atoms. The number of amidine groups is 1. The van der Waals surface area contributed by atoms with Crippen molar-refractivity contribution in [2.24, 2.45) is 4.99 Å². The Labute approximate surface area is 167 Å². The number of carbonyl (C=O) groups is 1. The minimum absolute atomic E-state index is 0.0152. The number of benzene rings is 2. The van der Waals surface area contributed by atoms with Crippen LogP contribution in [0.25, 0.3) is 6.08 Å². The van der Waals surface area contributed by atoms with Gasteiger partial charge in [0.2, 0.25) is 0 Å². The number of carbonyl (C=O) groups excluding carboxylic acids is 1. The first-order valence-electron chi connectivity index (χ1n) is 7.08. The smallest absolute Gasteiger partial charge is 0.264 e. The minimum atomic E-state index is -0.293. The zero-order valence-corrected chi connectivity index (χ0v) is 16.7. The van der Waals surface area contributed by atoms with Crippen molar-refractivity contribution in [2.75, 3.05) is 0 Å². The zero-order valence-electron chi connectivity index (χ0n) is 12.8. The van der Waals surface area contributed by atoms with E-state index in [1.54, 1.807) is 30.3 Å². The van der Waals surface area contributed by atoms with Gasteiger partial charge in [-0.2, -0.15) is 0 Å². The summed E-state index contributed by atoms with van der Waals surface area (Å²) in [5.41, 5.74) is 1.96. The van der Waals surface area contributed by atoms with Crippen LogP contribution in [-0.4, -0.2) is 16.2 Å². The van der Waals surface area contributed by atoms with Crippen LogP contribution in [-0.2, 0) is 4.79 Å². The molecule has 1 aliphatic heterocycles. The van der Waals surface area contributed by atoms with Crippen LogP contribution in [0, 0.1) is 6.92 Å². The maximum absolute atomic E-state index is 12.2. The van der Waals surface area contributed by atoms with Crippen molar-refractivity contribution in [3.63, 3.8) is 0 Å². The number of aromatic hydroxyl groups is 1. The third-order valence-corrected chi connectivity index (χ3v) is 5.60. The molecule has 0 unspecified atom stereocenters. The highest BCUT2D eigenvalue weighted by molar-refractivity contribution is 9.10. The Morgan fingerprint density at radius 1 is 1.32 bits per heavy atom. The van der Waals surface area contributed by atoms with Gasteiger partial charge in [-0.25, -0.2) is 4.99 Å². The van der Waals surface area contributed by atoms with E-state index in [-0.39, 0.29) is 11.7 Å². The largest absolute Gasteiger partial charge is 0.506 e. The summed E-state index contributed by atoms with van der Waals surface area (Å²) >= 11 is 16.5. The van der Waals surface area contributed by atoms with E-state index in [2.05, 4.69) is 26.2 Å². The lowest BCUT2D eigenvalue weighted by Gasteiger charge is -2.03. The molecule has 1 aliphatic rings. The number of thioether (sulfide) groups is 1. The van der Waals surface area contributed by atoms with E-state index >= 15 is 0 Å². The molecular weight excluding hydrogens is 447 g/mol. The minimum Gasteiger partial charge on any atom is -0.506 e. The van der Waals surface area contributed by atoms with Crippen molar-refractivity contribution in [3.05, 3.63) is 60.9 Å². The number of nitrogens with one attached hydrogen (secondary N) is 1. The molecule has 1 fully saturated rings. The number of rotatable bonds is 2. The predicted molar refractivity (Wildman–Crippen MR) is 108 cm³/mol. The molecule has 4 nitrogen and oxygen atoms in total. The summed E-state index contributed by atoms with van der Waals surface area (Å²) < 4.78 is 0.457. The summed E-state index contributed by atoms with van der Waals surface area (Å²) in [4.78, 5) is 17.0. The van der Waals surface area contributed by atoms with Crippen LogP contribution in [0.15, 0.2) is 44.7 Å². The highest BCUT2D eigenvalue weighted by atomic mass is 79.9. The van der Waals surface area contributed by atoms with Crippen LogP contribution >= 0.6 is 50.9 Å². The first-order chi connectivity index (χ1) is 11.8. The van der Waals surface area contributed by atoms with Gasteiger partial charge in [0.1, 0.15) is 5.75 Å². The highest BCUT2D eigenvalue weighted by Crippen LogP contribution is 2.36. The van der Waals surface area contributed by atoms with Crippen molar-refractivity contribution >= 4 is 73.7 Å². The SMILES string of the molecule is Cc1c(Cl)cccc1N=C1NC(=O)/C(=C\c2cc(Cl)cc(Br)c2O)S1. The van der Waals surface area contributed by atoms with Gasteiger partial charge < -0.3 is 10.4 Å². The van der Waals surface area contributed by atoms with E-state index in [1.807, 2.05) is 13.0 Å². The number of hydrogen-bond donors (Lipinski definition) is 2. The summed E-state index contributed by atoms with van der Waals surface area (Å²) in [5.74, 6) is -0.277. The van der Waals surface area contributed by atoms with E-state index in [0.29, 0.717) is 35.8 Å². The molecule has 1 saturated heterocycles. The molecular formula is C17H11BrCl2N2O2S. The summed E-state index contributed by atoms with van der Waals surface area (Å²) in [6.07, 6.45) is 1.57. The Balaban J connectivity index is 1.93.